The van der Waals surface area contributed by atoms with Gasteiger partial charge in [0.2, 0.25) is 10.0 Å². The van der Waals surface area contributed by atoms with Gasteiger partial charge >= 0.3 is 0 Å². The summed E-state index contributed by atoms with van der Waals surface area (Å²) in [6, 6.07) is 0. The third kappa shape index (κ3) is 4.33. The van der Waals surface area contributed by atoms with Gasteiger partial charge in [0.05, 0.1) is 11.8 Å². The molecule has 110 valence electrons. The van der Waals surface area contributed by atoms with Crippen molar-refractivity contribution in [2.24, 2.45) is 5.73 Å². The normalized spacial score (nSPS) is 24.3. The molecule has 0 fully saturated rings. The number of hydrogen-bond donors (Lipinski definition) is 2. The summed E-state index contributed by atoms with van der Waals surface area (Å²) in [7, 11) is -3.14. The zero-order chi connectivity index (χ0) is 14.7. The first kappa shape index (κ1) is 16.2. The summed E-state index contributed by atoms with van der Waals surface area (Å²) in [6.07, 6.45) is 6.04. The van der Waals surface area contributed by atoms with Gasteiger partial charge in [0.25, 0.3) is 0 Å². The highest BCUT2D eigenvalue weighted by Crippen LogP contribution is 2.31. The molecule has 0 bridgehead atoms. The number of nitrogens with two attached hydrogens (primary N) is 1. The van der Waals surface area contributed by atoms with E-state index < -0.39 is 10.0 Å². The Labute approximate surface area is 116 Å². The number of nitrogens with one attached hydrogen (secondary N) is 1. The molecule has 1 rings (SSSR count). The molecule has 0 aromatic rings. The van der Waals surface area contributed by atoms with Crippen LogP contribution in [-0.4, -0.2) is 44.7 Å². The van der Waals surface area contributed by atoms with Crippen LogP contribution in [0.4, 0.5) is 0 Å². The van der Waals surface area contributed by atoms with Crippen molar-refractivity contribution in [3.05, 3.63) is 23.4 Å². The molecule has 0 spiro atoms. The minimum Gasteiger partial charge on any atom is -0.401 e. The molecule has 0 aromatic heterocycles. The Morgan fingerprint density at radius 2 is 2.11 bits per heavy atom. The predicted octanol–water partition coefficient (Wildman–Crippen LogP) is 0.809. The molecule has 19 heavy (non-hydrogen) atoms. The lowest BCUT2D eigenvalue weighted by Gasteiger charge is -2.43. The lowest BCUT2D eigenvalue weighted by atomic mass is 9.84. The molecule has 0 radical (unpaired) electrons. The van der Waals surface area contributed by atoms with Gasteiger partial charge in [-0.2, -0.15) is 0 Å². The lowest BCUT2D eigenvalue weighted by Crippen LogP contribution is -2.53. The molecule has 0 aliphatic heterocycles. The summed E-state index contributed by atoms with van der Waals surface area (Å²) in [4.78, 5) is 2.22. The molecule has 1 aliphatic carbocycles. The van der Waals surface area contributed by atoms with Crippen molar-refractivity contribution in [3.63, 3.8) is 0 Å². The number of hydrogen-bond acceptors (Lipinski definition) is 4. The second kappa shape index (κ2) is 6.07. The smallest absolute Gasteiger partial charge is 0.208 e. The Kier molecular flexibility index (Phi) is 5.18. The molecule has 3 N–H and O–H groups in total. The van der Waals surface area contributed by atoms with Crippen molar-refractivity contribution < 1.29 is 8.42 Å². The highest BCUT2D eigenvalue weighted by molar-refractivity contribution is 7.88. The van der Waals surface area contributed by atoms with Crippen molar-refractivity contribution in [2.45, 2.75) is 32.7 Å². The van der Waals surface area contributed by atoms with Crippen molar-refractivity contribution in [1.29, 1.82) is 0 Å². The van der Waals surface area contributed by atoms with E-state index in [0.29, 0.717) is 13.1 Å². The fraction of sp³-hybridized carbons (Fsp3) is 0.692. The largest absolute Gasteiger partial charge is 0.401 e. The first-order valence-corrected chi connectivity index (χ1v) is 8.41. The number of nitrogens with zero attached hydrogens (tertiary/aromatic N) is 1. The molecule has 0 heterocycles. The van der Waals surface area contributed by atoms with Crippen LogP contribution in [0.5, 0.6) is 0 Å². The fourth-order valence-electron chi connectivity index (χ4n) is 2.53. The molecular weight excluding hydrogens is 262 g/mol. The van der Waals surface area contributed by atoms with E-state index in [-0.39, 0.29) is 5.54 Å². The highest BCUT2D eigenvalue weighted by atomic mass is 32.2. The van der Waals surface area contributed by atoms with Gasteiger partial charge in [-0.1, -0.05) is 18.6 Å². The zero-order valence-corrected chi connectivity index (χ0v) is 13.0. The quantitative estimate of drug-likeness (QED) is 0.758. The van der Waals surface area contributed by atoms with Crippen LogP contribution >= 0.6 is 0 Å². The van der Waals surface area contributed by atoms with Crippen LogP contribution in [0.3, 0.4) is 0 Å². The van der Waals surface area contributed by atoms with Gasteiger partial charge in [0.15, 0.2) is 0 Å². The average molecular weight is 287 g/mol. The van der Waals surface area contributed by atoms with E-state index in [1.54, 1.807) is 0 Å². The Bertz CT molecular complexity index is 482. The van der Waals surface area contributed by atoms with Gasteiger partial charge in [0.1, 0.15) is 0 Å². The van der Waals surface area contributed by atoms with E-state index in [0.717, 1.165) is 18.7 Å². The molecule has 0 aromatic carbocycles. The number of likely N-dealkylation sites (N-methyl/N-ethyl adjacent to an activating group) is 1. The SMILES string of the molecule is CCN(CCNS(C)(=O)=O)C1(C)CC(C)=CC=C1N. The molecule has 1 atom stereocenters. The summed E-state index contributed by atoms with van der Waals surface area (Å²) in [5, 5.41) is 0. The van der Waals surface area contributed by atoms with Crippen molar-refractivity contribution in [3.8, 4) is 0 Å². The van der Waals surface area contributed by atoms with Gasteiger partial charge in [-0.25, -0.2) is 13.1 Å². The number of allylic oxidation sites excluding steroid dienone is 2. The maximum atomic E-state index is 11.1. The molecule has 5 nitrogen and oxygen atoms in total. The minimum absolute atomic E-state index is 0.229. The predicted molar refractivity (Wildman–Crippen MR) is 79.1 cm³/mol. The minimum atomic E-state index is -3.14. The molecule has 1 unspecified atom stereocenters. The lowest BCUT2D eigenvalue weighted by molar-refractivity contribution is 0.142. The standard InChI is InChI=1S/C13H25N3O2S/c1-5-16(9-8-15-19(4,17)18)13(3)10-11(2)6-7-12(13)14/h6-7,15H,5,8-10,14H2,1-4H3. The van der Waals surface area contributed by atoms with E-state index in [4.69, 9.17) is 5.73 Å². The summed E-state index contributed by atoms with van der Waals surface area (Å²) in [5.41, 5.74) is 8.03. The van der Waals surface area contributed by atoms with Crippen molar-refractivity contribution >= 4 is 10.0 Å². The Morgan fingerprint density at radius 1 is 1.47 bits per heavy atom. The van der Waals surface area contributed by atoms with Gasteiger partial charge in [-0.15, -0.1) is 0 Å². The molecule has 0 saturated carbocycles. The Hall–Kier alpha value is -0.850. The average Bonchev–Trinajstić information content (AvgIpc) is 2.28. The maximum absolute atomic E-state index is 11.1. The van der Waals surface area contributed by atoms with Crippen LogP contribution in [-0.2, 0) is 10.0 Å². The first-order chi connectivity index (χ1) is 8.69. The van der Waals surface area contributed by atoms with Crippen molar-refractivity contribution in [2.75, 3.05) is 25.9 Å². The Balaban J connectivity index is 2.74. The van der Waals surface area contributed by atoms with Gasteiger partial charge in [-0.05, 0) is 32.9 Å². The maximum Gasteiger partial charge on any atom is 0.208 e. The fourth-order valence-corrected chi connectivity index (χ4v) is 2.99. The summed E-state index contributed by atoms with van der Waals surface area (Å²) >= 11 is 0. The van der Waals surface area contributed by atoms with E-state index >= 15 is 0 Å². The number of rotatable bonds is 6. The van der Waals surface area contributed by atoms with Crippen LogP contribution < -0.4 is 10.5 Å². The van der Waals surface area contributed by atoms with Crippen molar-refractivity contribution in [1.82, 2.24) is 9.62 Å². The van der Waals surface area contributed by atoms with Gasteiger partial charge in [-0.3, -0.25) is 4.90 Å². The molecule has 0 saturated heterocycles. The monoisotopic (exact) mass is 287 g/mol. The topological polar surface area (TPSA) is 75.4 Å². The van der Waals surface area contributed by atoms with E-state index in [1.165, 1.54) is 11.8 Å². The Morgan fingerprint density at radius 3 is 2.63 bits per heavy atom. The highest BCUT2D eigenvalue weighted by Gasteiger charge is 2.34. The summed E-state index contributed by atoms with van der Waals surface area (Å²) in [6.45, 7) is 8.12. The van der Waals surface area contributed by atoms with Crippen LogP contribution in [0, 0.1) is 0 Å². The van der Waals surface area contributed by atoms with Crippen LogP contribution in [0.1, 0.15) is 27.2 Å². The van der Waals surface area contributed by atoms with Gasteiger partial charge < -0.3 is 5.73 Å². The van der Waals surface area contributed by atoms with Crippen LogP contribution in [0.2, 0.25) is 0 Å². The van der Waals surface area contributed by atoms with E-state index in [1.807, 2.05) is 12.2 Å². The molecule has 1 aliphatic rings. The summed E-state index contributed by atoms with van der Waals surface area (Å²) < 4.78 is 24.7. The first-order valence-electron chi connectivity index (χ1n) is 6.52. The summed E-state index contributed by atoms with van der Waals surface area (Å²) in [5.74, 6) is 0. The molecule has 0 amide bonds. The van der Waals surface area contributed by atoms with Gasteiger partial charge in [0, 0.05) is 18.8 Å². The third-order valence-corrected chi connectivity index (χ3v) is 4.35. The molecular formula is C13H25N3O2S. The third-order valence-electron chi connectivity index (χ3n) is 3.62. The zero-order valence-electron chi connectivity index (χ0n) is 12.2. The van der Waals surface area contributed by atoms with Crippen LogP contribution in [0.25, 0.3) is 0 Å². The second-order valence-corrected chi connectivity index (χ2v) is 7.16. The van der Waals surface area contributed by atoms with E-state index in [9.17, 15) is 8.42 Å². The van der Waals surface area contributed by atoms with E-state index in [2.05, 4.69) is 30.4 Å². The second-order valence-electron chi connectivity index (χ2n) is 5.33. The molecule has 6 heteroatoms. The van der Waals surface area contributed by atoms with Crippen LogP contribution in [0.15, 0.2) is 23.4 Å². The number of sulfonamides is 1.